The third-order valence-electron chi connectivity index (χ3n) is 3.03. The second-order valence-corrected chi connectivity index (χ2v) is 7.95. The van der Waals surface area contributed by atoms with Crippen molar-refractivity contribution in [1.29, 1.82) is 0 Å². The largest absolute Gasteiger partial charge is 0.258 e. The Hall–Kier alpha value is -0.280. The van der Waals surface area contributed by atoms with Gasteiger partial charge in [-0.15, -0.1) is 11.8 Å². The Morgan fingerprint density at radius 2 is 2.12 bits per heavy atom. The maximum absolute atomic E-state index is 12.2. The fourth-order valence-corrected chi connectivity index (χ4v) is 5.99. The molecule has 1 aliphatic rings. The van der Waals surface area contributed by atoms with Gasteiger partial charge in [0.05, 0.1) is 4.08 Å². The van der Waals surface area contributed by atoms with Crippen LogP contribution in [0.3, 0.4) is 0 Å². The third kappa shape index (κ3) is 2.51. The molecular weight excluding hydrogens is 236 g/mol. The van der Waals surface area contributed by atoms with Crippen LogP contribution in [-0.2, 0) is 17.2 Å². The Morgan fingerprint density at radius 1 is 1.38 bits per heavy atom. The highest BCUT2D eigenvalue weighted by atomic mass is 32.2. The fourth-order valence-electron chi connectivity index (χ4n) is 2.30. The molecule has 0 saturated carbocycles. The van der Waals surface area contributed by atoms with Crippen LogP contribution in [0.5, 0.6) is 0 Å². The van der Waals surface area contributed by atoms with Gasteiger partial charge in [0.15, 0.2) is 0 Å². The van der Waals surface area contributed by atoms with E-state index >= 15 is 0 Å². The number of hydrogen-bond donors (Lipinski definition) is 0. The standard InChI is InChI=1S/C13H18OS2/c1-2-15-13(9-6-10-16(13)14)11-12-7-4-3-5-8-12/h3-5,7-8H,2,6,9-11H2,1H3/t13-,16-/m1/s1. The van der Waals surface area contributed by atoms with Crippen LogP contribution >= 0.6 is 11.8 Å². The lowest BCUT2D eigenvalue weighted by atomic mass is 10.1. The van der Waals surface area contributed by atoms with Crippen LogP contribution in [0.1, 0.15) is 25.3 Å². The van der Waals surface area contributed by atoms with Crippen LogP contribution in [-0.4, -0.2) is 19.8 Å². The summed E-state index contributed by atoms with van der Waals surface area (Å²) >= 11 is 1.89. The Balaban J connectivity index is 2.18. The summed E-state index contributed by atoms with van der Waals surface area (Å²) in [5.41, 5.74) is 1.32. The van der Waals surface area contributed by atoms with Crippen molar-refractivity contribution in [3.63, 3.8) is 0 Å². The van der Waals surface area contributed by atoms with Crippen LogP contribution in [0.25, 0.3) is 0 Å². The molecule has 88 valence electrons. The van der Waals surface area contributed by atoms with Crippen molar-refractivity contribution in [2.75, 3.05) is 11.5 Å². The monoisotopic (exact) mass is 254 g/mol. The number of thioether (sulfide) groups is 1. The van der Waals surface area contributed by atoms with Crippen molar-refractivity contribution in [3.8, 4) is 0 Å². The van der Waals surface area contributed by atoms with Gasteiger partial charge in [0.25, 0.3) is 0 Å². The molecule has 0 bridgehead atoms. The van der Waals surface area contributed by atoms with Gasteiger partial charge >= 0.3 is 0 Å². The van der Waals surface area contributed by atoms with Crippen LogP contribution < -0.4 is 0 Å². The molecule has 0 amide bonds. The molecular formula is C13H18OS2. The summed E-state index contributed by atoms with van der Waals surface area (Å²) in [5, 5.41) is 0. The maximum Gasteiger partial charge on any atom is 0.0948 e. The quantitative estimate of drug-likeness (QED) is 0.820. The van der Waals surface area contributed by atoms with Crippen molar-refractivity contribution in [3.05, 3.63) is 35.9 Å². The van der Waals surface area contributed by atoms with Crippen LogP contribution in [0, 0.1) is 0 Å². The van der Waals surface area contributed by atoms with Crippen molar-refractivity contribution >= 4 is 22.6 Å². The molecule has 1 saturated heterocycles. The molecule has 0 radical (unpaired) electrons. The highest BCUT2D eigenvalue weighted by Crippen LogP contribution is 2.42. The number of hydrogen-bond acceptors (Lipinski definition) is 2. The van der Waals surface area contributed by atoms with Gasteiger partial charge in [0, 0.05) is 16.6 Å². The molecule has 3 heteroatoms. The van der Waals surface area contributed by atoms with Gasteiger partial charge < -0.3 is 0 Å². The lowest BCUT2D eigenvalue weighted by molar-refractivity contribution is 0.662. The van der Waals surface area contributed by atoms with E-state index in [1.807, 2.05) is 17.8 Å². The Bertz CT molecular complexity index is 363. The molecule has 0 spiro atoms. The predicted octanol–water partition coefficient (Wildman–Crippen LogP) is 3.22. The van der Waals surface area contributed by atoms with Crippen molar-refractivity contribution in [1.82, 2.24) is 0 Å². The smallest absolute Gasteiger partial charge is 0.0948 e. The van der Waals surface area contributed by atoms with Gasteiger partial charge in [-0.2, -0.15) is 0 Å². The molecule has 1 aromatic carbocycles. The molecule has 2 atom stereocenters. The zero-order valence-electron chi connectivity index (χ0n) is 9.65. The van der Waals surface area contributed by atoms with Gasteiger partial charge in [-0.25, -0.2) is 0 Å². The molecule has 1 heterocycles. The summed E-state index contributed by atoms with van der Waals surface area (Å²) in [6.45, 7) is 2.16. The number of rotatable bonds is 4. The van der Waals surface area contributed by atoms with Crippen molar-refractivity contribution in [2.45, 2.75) is 30.3 Å². The molecule has 0 N–H and O–H groups in total. The van der Waals surface area contributed by atoms with Gasteiger partial charge in [0.2, 0.25) is 0 Å². The van der Waals surface area contributed by atoms with E-state index in [0.29, 0.717) is 0 Å². The van der Waals surface area contributed by atoms with Gasteiger partial charge in [-0.1, -0.05) is 37.3 Å². The molecule has 1 aliphatic heterocycles. The first-order valence-electron chi connectivity index (χ1n) is 5.83. The van der Waals surface area contributed by atoms with E-state index in [9.17, 15) is 4.21 Å². The van der Waals surface area contributed by atoms with E-state index in [0.717, 1.165) is 30.8 Å². The first-order valence-corrected chi connectivity index (χ1v) is 8.14. The Morgan fingerprint density at radius 3 is 2.69 bits per heavy atom. The summed E-state index contributed by atoms with van der Waals surface area (Å²) in [5.74, 6) is 1.94. The molecule has 1 aromatic rings. The number of benzene rings is 1. The van der Waals surface area contributed by atoms with Gasteiger partial charge in [-0.3, -0.25) is 4.21 Å². The van der Waals surface area contributed by atoms with E-state index < -0.39 is 10.8 Å². The zero-order valence-corrected chi connectivity index (χ0v) is 11.3. The minimum absolute atomic E-state index is 0.00387. The highest BCUT2D eigenvalue weighted by molar-refractivity contribution is 8.12. The van der Waals surface area contributed by atoms with Crippen LogP contribution in [0.4, 0.5) is 0 Å². The minimum atomic E-state index is -0.657. The van der Waals surface area contributed by atoms with Crippen LogP contribution in [0.15, 0.2) is 30.3 Å². The van der Waals surface area contributed by atoms with Crippen molar-refractivity contribution < 1.29 is 4.21 Å². The van der Waals surface area contributed by atoms with Gasteiger partial charge in [-0.05, 0) is 30.6 Å². The molecule has 0 aliphatic carbocycles. The molecule has 2 rings (SSSR count). The predicted molar refractivity (Wildman–Crippen MR) is 73.3 cm³/mol. The first-order chi connectivity index (χ1) is 7.77. The lowest BCUT2D eigenvalue weighted by Crippen LogP contribution is -2.29. The van der Waals surface area contributed by atoms with E-state index in [1.165, 1.54) is 5.56 Å². The maximum atomic E-state index is 12.2. The first kappa shape index (κ1) is 12.2. The minimum Gasteiger partial charge on any atom is -0.258 e. The summed E-state index contributed by atoms with van der Waals surface area (Å²) in [4.78, 5) is 0. The molecule has 0 unspecified atom stereocenters. The summed E-state index contributed by atoms with van der Waals surface area (Å²) in [6, 6.07) is 10.5. The molecule has 1 nitrogen and oxygen atoms in total. The zero-order chi connectivity index (χ0) is 11.4. The van der Waals surface area contributed by atoms with Gasteiger partial charge in [0.1, 0.15) is 0 Å². The molecule has 16 heavy (non-hydrogen) atoms. The van der Waals surface area contributed by atoms with E-state index in [1.54, 1.807) is 0 Å². The lowest BCUT2D eigenvalue weighted by Gasteiger charge is -2.26. The average Bonchev–Trinajstić information content (AvgIpc) is 2.62. The average molecular weight is 254 g/mol. The summed E-state index contributed by atoms with van der Waals surface area (Å²) in [6.07, 6.45) is 3.18. The van der Waals surface area contributed by atoms with E-state index in [-0.39, 0.29) is 4.08 Å². The SMILES string of the molecule is CCS[C@]1(Cc2ccccc2)CCC[S@]1=O. The second-order valence-electron chi connectivity index (χ2n) is 4.16. The normalized spacial score (nSPS) is 29.4. The summed E-state index contributed by atoms with van der Waals surface area (Å²) < 4.78 is 12.2. The van der Waals surface area contributed by atoms with Crippen LogP contribution in [0.2, 0.25) is 0 Å². The highest BCUT2D eigenvalue weighted by Gasteiger charge is 2.40. The third-order valence-corrected chi connectivity index (χ3v) is 6.94. The Kier molecular flexibility index (Phi) is 4.09. The van der Waals surface area contributed by atoms with E-state index in [4.69, 9.17) is 0 Å². The summed E-state index contributed by atoms with van der Waals surface area (Å²) in [7, 11) is -0.657. The van der Waals surface area contributed by atoms with E-state index in [2.05, 4.69) is 31.2 Å². The Labute approximate surface area is 104 Å². The fraction of sp³-hybridized carbons (Fsp3) is 0.538. The topological polar surface area (TPSA) is 17.1 Å². The second kappa shape index (κ2) is 5.37. The molecule has 0 aromatic heterocycles. The van der Waals surface area contributed by atoms with Crippen molar-refractivity contribution in [2.24, 2.45) is 0 Å². The molecule has 1 fully saturated rings.